The van der Waals surface area contributed by atoms with E-state index in [1.807, 2.05) is 25.1 Å². The molecule has 2 rings (SSSR count). The minimum Gasteiger partial charge on any atom is -0.496 e. The first kappa shape index (κ1) is 15.5. The summed E-state index contributed by atoms with van der Waals surface area (Å²) in [5.74, 6) is 0.799. The van der Waals surface area contributed by atoms with Crippen LogP contribution >= 0.6 is 0 Å². The van der Waals surface area contributed by atoms with Crippen LogP contribution in [0.5, 0.6) is 5.75 Å². The summed E-state index contributed by atoms with van der Waals surface area (Å²) in [4.78, 5) is 0. The second-order valence-corrected chi connectivity index (χ2v) is 5.45. The van der Waals surface area contributed by atoms with E-state index in [9.17, 15) is 4.39 Å². The molecule has 1 N–H and O–H groups in total. The molecule has 0 saturated carbocycles. The van der Waals surface area contributed by atoms with Crippen molar-refractivity contribution in [1.29, 1.82) is 0 Å². The largest absolute Gasteiger partial charge is 0.496 e. The van der Waals surface area contributed by atoms with Gasteiger partial charge in [-0.25, -0.2) is 4.39 Å². The maximum atomic E-state index is 13.6. The molecule has 0 aliphatic rings. The Hall–Kier alpha value is -1.87. The Kier molecular flexibility index (Phi) is 4.97. The molecule has 0 spiro atoms. The van der Waals surface area contributed by atoms with Crippen molar-refractivity contribution in [2.24, 2.45) is 0 Å². The Morgan fingerprint density at radius 3 is 2.05 bits per heavy atom. The van der Waals surface area contributed by atoms with Gasteiger partial charge in [0.1, 0.15) is 11.6 Å². The second-order valence-electron chi connectivity index (χ2n) is 5.45. The molecule has 0 amide bonds. The zero-order valence-electron chi connectivity index (χ0n) is 13.1. The molecule has 21 heavy (non-hydrogen) atoms. The van der Waals surface area contributed by atoms with Gasteiger partial charge in [-0.15, -0.1) is 0 Å². The fourth-order valence-electron chi connectivity index (χ4n) is 2.54. The van der Waals surface area contributed by atoms with Crippen LogP contribution in [0.1, 0.15) is 27.8 Å². The molecule has 0 aromatic heterocycles. The molecule has 0 atom stereocenters. The molecule has 112 valence electrons. The summed E-state index contributed by atoms with van der Waals surface area (Å²) < 4.78 is 18.8. The van der Waals surface area contributed by atoms with Crippen LogP contribution in [0.2, 0.25) is 0 Å². The molecule has 2 aromatic carbocycles. The number of hydrogen-bond acceptors (Lipinski definition) is 2. The average molecular weight is 287 g/mol. The van der Waals surface area contributed by atoms with Crippen molar-refractivity contribution in [1.82, 2.24) is 5.32 Å². The van der Waals surface area contributed by atoms with Gasteiger partial charge < -0.3 is 10.1 Å². The number of hydrogen-bond donors (Lipinski definition) is 1. The lowest BCUT2D eigenvalue weighted by atomic mass is 10.1. The third-order valence-electron chi connectivity index (χ3n) is 3.61. The standard InChI is InChI=1S/C18H22FNO/c1-12-7-15(5-6-17(12)21-4)10-20-11-16-8-13(2)18(19)14(3)9-16/h5-9,20H,10-11H2,1-4H3. The number of halogens is 1. The van der Waals surface area contributed by atoms with Crippen LogP contribution in [0.25, 0.3) is 0 Å². The number of methoxy groups -OCH3 is 1. The van der Waals surface area contributed by atoms with Crippen LogP contribution in [0, 0.1) is 26.6 Å². The molecular formula is C18H22FNO. The van der Waals surface area contributed by atoms with E-state index in [-0.39, 0.29) is 5.82 Å². The van der Waals surface area contributed by atoms with E-state index < -0.39 is 0 Å². The average Bonchev–Trinajstić information content (AvgIpc) is 2.45. The van der Waals surface area contributed by atoms with Crippen LogP contribution in [0.4, 0.5) is 4.39 Å². The summed E-state index contributed by atoms with van der Waals surface area (Å²) in [7, 11) is 1.68. The fraction of sp³-hybridized carbons (Fsp3) is 0.333. The van der Waals surface area contributed by atoms with Gasteiger partial charge >= 0.3 is 0 Å². The highest BCUT2D eigenvalue weighted by Gasteiger charge is 2.04. The topological polar surface area (TPSA) is 21.3 Å². The molecule has 0 radical (unpaired) electrons. The van der Waals surface area contributed by atoms with Crippen LogP contribution < -0.4 is 10.1 Å². The zero-order chi connectivity index (χ0) is 15.4. The molecule has 0 bridgehead atoms. The van der Waals surface area contributed by atoms with Crippen molar-refractivity contribution in [2.45, 2.75) is 33.9 Å². The van der Waals surface area contributed by atoms with Gasteiger partial charge in [-0.1, -0.05) is 24.3 Å². The zero-order valence-corrected chi connectivity index (χ0v) is 13.1. The van der Waals surface area contributed by atoms with E-state index in [2.05, 4.69) is 17.4 Å². The van der Waals surface area contributed by atoms with Gasteiger partial charge in [-0.3, -0.25) is 0 Å². The first-order chi connectivity index (χ1) is 10.0. The Labute approximate surface area is 126 Å². The monoisotopic (exact) mass is 287 g/mol. The lowest BCUT2D eigenvalue weighted by Crippen LogP contribution is -2.13. The summed E-state index contributed by atoms with van der Waals surface area (Å²) in [6, 6.07) is 9.95. The van der Waals surface area contributed by atoms with Gasteiger partial charge in [0.15, 0.2) is 0 Å². The number of ether oxygens (including phenoxy) is 1. The Bertz CT molecular complexity index is 614. The molecule has 3 heteroatoms. The molecule has 2 nitrogen and oxygen atoms in total. The Morgan fingerprint density at radius 1 is 0.905 bits per heavy atom. The number of rotatable bonds is 5. The van der Waals surface area contributed by atoms with Crippen molar-refractivity contribution < 1.29 is 9.13 Å². The third-order valence-corrected chi connectivity index (χ3v) is 3.61. The first-order valence-corrected chi connectivity index (χ1v) is 7.11. The SMILES string of the molecule is COc1ccc(CNCc2cc(C)c(F)c(C)c2)cc1C. The van der Waals surface area contributed by atoms with Crippen molar-refractivity contribution in [3.8, 4) is 5.75 Å². The minimum absolute atomic E-state index is 0.107. The van der Waals surface area contributed by atoms with Crippen molar-refractivity contribution in [2.75, 3.05) is 7.11 Å². The summed E-state index contributed by atoms with van der Waals surface area (Å²) in [6.07, 6.45) is 0. The molecule has 0 saturated heterocycles. The van der Waals surface area contributed by atoms with E-state index in [0.717, 1.165) is 30.0 Å². The highest BCUT2D eigenvalue weighted by atomic mass is 19.1. The highest BCUT2D eigenvalue weighted by molar-refractivity contribution is 5.36. The summed E-state index contributed by atoms with van der Waals surface area (Å²) in [6.45, 7) is 7.15. The Balaban J connectivity index is 1.97. The van der Waals surface area contributed by atoms with Gasteiger partial charge in [0.2, 0.25) is 0 Å². The molecule has 0 aliphatic heterocycles. The fourth-order valence-corrected chi connectivity index (χ4v) is 2.54. The van der Waals surface area contributed by atoms with Gasteiger partial charge in [0, 0.05) is 13.1 Å². The van der Waals surface area contributed by atoms with E-state index in [0.29, 0.717) is 11.1 Å². The van der Waals surface area contributed by atoms with E-state index in [1.54, 1.807) is 21.0 Å². The number of benzene rings is 2. The number of nitrogens with one attached hydrogen (secondary N) is 1. The van der Waals surface area contributed by atoms with E-state index in [1.165, 1.54) is 5.56 Å². The third kappa shape index (κ3) is 3.82. The van der Waals surface area contributed by atoms with Crippen molar-refractivity contribution >= 4 is 0 Å². The normalized spacial score (nSPS) is 10.7. The van der Waals surface area contributed by atoms with Crippen LogP contribution in [-0.4, -0.2) is 7.11 Å². The predicted octanol–water partition coefficient (Wildman–Crippen LogP) is 4.05. The van der Waals surface area contributed by atoms with Crippen LogP contribution in [-0.2, 0) is 13.1 Å². The lowest BCUT2D eigenvalue weighted by molar-refractivity contribution is 0.411. The minimum atomic E-state index is -0.107. The van der Waals surface area contributed by atoms with Crippen molar-refractivity contribution in [3.63, 3.8) is 0 Å². The smallest absolute Gasteiger partial charge is 0.129 e. The van der Waals surface area contributed by atoms with Gasteiger partial charge in [-0.05, 0) is 54.7 Å². The van der Waals surface area contributed by atoms with Gasteiger partial charge in [0.05, 0.1) is 7.11 Å². The Morgan fingerprint density at radius 2 is 1.48 bits per heavy atom. The number of aryl methyl sites for hydroxylation is 3. The van der Waals surface area contributed by atoms with Gasteiger partial charge in [0.25, 0.3) is 0 Å². The summed E-state index contributed by atoms with van der Waals surface area (Å²) >= 11 is 0. The van der Waals surface area contributed by atoms with Crippen LogP contribution in [0.3, 0.4) is 0 Å². The highest BCUT2D eigenvalue weighted by Crippen LogP contribution is 2.18. The lowest BCUT2D eigenvalue weighted by Gasteiger charge is -2.10. The second kappa shape index (κ2) is 6.72. The van der Waals surface area contributed by atoms with Crippen molar-refractivity contribution in [3.05, 3.63) is 64.0 Å². The molecule has 2 aromatic rings. The molecule has 0 unspecified atom stereocenters. The van der Waals surface area contributed by atoms with Gasteiger partial charge in [-0.2, -0.15) is 0 Å². The van der Waals surface area contributed by atoms with Crippen LogP contribution in [0.15, 0.2) is 30.3 Å². The summed E-state index contributed by atoms with van der Waals surface area (Å²) in [5.41, 5.74) is 4.85. The first-order valence-electron chi connectivity index (χ1n) is 7.11. The molecule has 0 aliphatic carbocycles. The predicted molar refractivity (Wildman–Crippen MR) is 84.1 cm³/mol. The maximum Gasteiger partial charge on any atom is 0.129 e. The summed E-state index contributed by atoms with van der Waals surface area (Å²) in [5, 5.41) is 3.39. The molecule has 0 heterocycles. The quantitative estimate of drug-likeness (QED) is 0.895. The van der Waals surface area contributed by atoms with E-state index >= 15 is 0 Å². The van der Waals surface area contributed by atoms with E-state index in [4.69, 9.17) is 4.74 Å². The maximum absolute atomic E-state index is 13.6. The molecular weight excluding hydrogens is 265 g/mol. The molecule has 0 fully saturated rings.